The monoisotopic (exact) mass is 395 g/mol. The number of benzene rings is 2. The molecule has 1 aliphatic rings. The number of nitrogens with one attached hydrogen (secondary N) is 2. The Hall–Kier alpha value is -3.72. The van der Waals surface area contributed by atoms with Gasteiger partial charge in [-0.1, -0.05) is 0 Å². The van der Waals surface area contributed by atoms with Gasteiger partial charge in [0.15, 0.2) is 11.6 Å². The highest BCUT2D eigenvalue weighted by Gasteiger charge is 2.11. The molecular weight excluding hydrogens is 377 g/mol. The molecule has 0 bridgehead atoms. The third-order valence-corrected chi connectivity index (χ3v) is 3.98. The predicted octanol–water partition coefficient (Wildman–Crippen LogP) is 3.57. The Morgan fingerprint density at radius 1 is 1.10 bits per heavy atom. The van der Waals surface area contributed by atoms with E-state index < -0.39 is 5.82 Å². The highest BCUT2D eigenvalue weighted by molar-refractivity contribution is 5.74. The molecule has 3 aromatic rings. The van der Waals surface area contributed by atoms with E-state index in [0.717, 1.165) is 6.20 Å². The molecule has 8 nitrogen and oxygen atoms in total. The van der Waals surface area contributed by atoms with E-state index in [4.69, 9.17) is 14.6 Å². The molecule has 4 rings (SSSR count). The number of aliphatic hydroxyl groups is 1. The fourth-order valence-electron chi connectivity index (χ4n) is 2.66. The van der Waals surface area contributed by atoms with Crippen molar-refractivity contribution in [3.8, 4) is 11.5 Å². The van der Waals surface area contributed by atoms with Gasteiger partial charge in [-0.25, -0.2) is 9.37 Å². The van der Waals surface area contributed by atoms with E-state index in [1.807, 2.05) is 0 Å². The molecule has 0 unspecified atom stereocenters. The molecule has 0 spiro atoms. The first-order chi connectivity index (χ1) is 14.2. The van der Waals surface area contributed by atoms with Gasteiger partial charge in [0, 0.05) is 17.6 Å². The topological polar surface area (TPSA) is 101 Å². The molecule has 2 aromatic carbocycles. The predicted molar refractivity (Wildman–Crippen MR) is 108 cm³/mol. The number of nitrogens with zero attached hydrogens (tertiary/aromatic N) is 3. The SMILES string of the molecule is OCCOc1ccc(Nc2ncc(F)c(Nc3ccc4c(c3)N=CCO4)n2)cc1. The summed E-state index contributed by atoms with van der Waals surface area (Å²) < 4.78 is 25.0. The maximum absolute atomic E-state index is 14.2. The number of halogens is 1. The quantitative estimate of drug-likeness (QED) is 0.562. The number of hydrogen-bond acceptors (Lipinski definition) is 8. The summed E-state index contributed by atoms with van der Waals surface area (Å²) >= 11 is 0. The van der Waals surface area contributed by atoms with Crippen molar-refractivity contribution >= 4 is 35.0 Å². The van der Waals surface area contributed by atoms with Gasteiger partial charge in [-0.05, 0) is 42.5 Å². The Bertz CT molecular complexity index is 1030. The van der Waals surface area contributed by atoms with Crippen LogP contribution in [0.4, 0.5) is 33.2 Å². The molecule has 0 saturated carbocycles. The van der Waals surface area contributed by atoms with E-state index in [-0.39, 0.29) is 25.0 Å². The second-order valence-corrected chi connectivity index (χ2v) is 6.04. The average molecular weight is 395 g/mol. The van der Waals surface area contributed by atoms with Gasteiger partial charge < -0.3 is 25.2 Å². The Morgan fingerprint density at radius 2 is 1.93 bits per heavy atom. The zero-order valence-corrected chi connectivity index (χ0v) is 15.3. The van der Waals surface area contributed by atoms with Crippen LogP contribution >= 0.6 is 0 Å². The van der Waals surface area contributed by atoms with Gasteiger partial charge in [-0.3, -0.25) is 4.99 Å². The van der Waals surface area contributed by atoms with Crippen LogP contribution in [0, 0.1) is 5.82 Å². The fourth-order valence-corrected chi connectivity index (χ4v) is 2.66. The van der Waals surface area contributed by atoms with Crippen molar-refractivity contribution in [2.24, 2.45) is 4.99 Å². The highest BCUT2D eigenvalue weighted by Crippen LogP contribution is 2.33. The minimum atomic E-state index is -0.583. The lowest BCUT2D eigenvalue weighted by molar-refractivity contribution is 0.201. The first kappa shape index (κ1) is 18.6. The Kier molecular flexibility index (Phi) is 5.48. The zero-order chi connectivity index (χ0) is 20.1. The van der Waals surface area contributed by atoms with Crippen LogP contribution in [0.3, 0.4) is 0 Å². The van der Waals surface area contributed by atoms with Crippen molar-refractivity contribution in [1.29, 1.82) is 0 Å². The molecule has 0 fully saturated rings. The summed E-state index contributed by atoms with van der Waals surface area (Å²) in [6.07, 6.45) is 2.76. The molecule has 0 amide bonds. The van der Waals surface area contributed by atoms with Crippen LogP contribution < -0.4 is 20.1 Å². The summed E-state index contributed by atoms with van der Waals surface area (Å²) in [6, 6.07) is 12.3. The molecule has 3 N–H and O–H groups in total. The standard InChI is InChI=1S/C20H18FN5O3/c21-16-12-23-20(25-13-1-4-15(5-2-13)28-10-8-27)26-19(16)24-14-3-6-18-17(11-14)22-7-9-29-18/h1-7,11-12,27H,8-10H2,(H2,23,24,25,26). The molecular formula is C20H18FN5O3. The van der Waals surface area contributed by atoms with E-state index in [0.29, 0.717) is 35.2 Å². The van der Waals surface area contributed by atoms with Gasteiger partial charge >= 0.3 is 0 Å². The molecule has 29 heavy (non-hydrogen) atoms. The largest absolute Gasteiger partial charge is 0.491 e. The van der Waals surface area contributed by atoms with E-state index in [1.165, 1.54) is 0 Å². The average Bonchev–Trinajstić information content (AvgIpc) is 2.75. The van der Waals surface area contributed by atoms with E-state index in [2.05, 4.69) is 25.6 Å². The molecule has 0 atom stereocenters. The Morgan fingerprint density at radius 3 is 2.76 bits per heavy atom. The van der Waals surface area contributed by atoms with Crippen molar-refractivity contribution in [2.45, 2.75) is 0 Å². The smallest absolute Gasteiger partial charge is 0.229 e. The second kappa shape index (κ2) is 8.53. The number of aromatic nitrogens is 2. The summed E-state index contributed by atoms with van der Waals surface area (Å²) in [5.41, 5.74) is 2.00. The van der Waals surface area contributed by atoms with Gasteiger partial charge in [-0.2, -0.15) is 4.98 Å². The van der Waals surface area contributed by atoms with Crippen molar-refractivity contribution in [2.75, 3.05) is 30.5 Å². The Labute approximate surface area is 166 Å². The number of hydrogen-bond donors (Lipinski definition) is 3. The van der Waals surface area contributed by atoms with E-state index in [1.54, 1.807) is 48.7 Å². The molecule has 0 aliphatic carbocycles. The maximum atomic E-state index is 14.2. The first-order valence-corrected chi connectivity index (χ1v) is 8.91. The molecule has 9 heteroatoms. The lowest BCUT2D eigenvalue weighted by Gasteiger charge is -2.14. The molecule has 148 valence electrons. The minimum absolute atomic E-state index is 0.0334. The van der Waals surface area contributed by atoms with Gasteiger partial charge in [0.25, 0.3) is 0 Å². The number of ether oxygens (including phenoxy) is 2. The summed E-state index contributed by atoms with van der Waals surface area (Å²) in [4.78, 5) is 12.4. The Balaban J connectivity index is 1.48. The van der Waals surface area contributed by atoms with Crippen molar-refractivity contribution in [3.63, 3.8) is 0 Å². The number of aliphatic hydroxyl groups excluding tert-OH is 1. The molecule has 0 saturated heterocycles. The number of aliphatic imine (C=N–C) groups is 1. The molecule has 1 aromatic heterocycles. The van der Waals surface area contributed by atoms with Gasteiger partial charge in [0.2, 0.25) is 5.95 Å². The van der Waals surface area contributed by atoms with Crippen LogP contribution in [0.1, 0.15) is 0 Å². The second-order valence-electron chi connectivity index (χ2n) is 6.04. The first-order valence-electron chi connectivity index (χ1n) is 8.91. The third kappa shape index (κ3) is 4.58. The van der Waals surface area contributed by atoms with Crippen LogP contribution in [0.5, 0.6) is 11.5 Å². The number of anilines is 4. The third-order valence-electron chi connectivity index (χ3n) is 3.98. The summed E-state index contributed by atoms with van der Waals surface area (Å²) in [6.45, 7) is 0.607. The fraction of sp³-hybridized carbons (Fsp3) is 0.150. The number of rotatable bonds is 7. The normalized spacial score (nSPS) is 12.1. The number of fused-ring (bicyclic) bond motifs is 1. The summed E-state index contributed by atoms with van der Waals surface area (Å²) in [7, 11) is 0. The van der Waals surface area contributed by atoms with Gasteiger partial charge in [0.1, 0.15) is 30.4 Å². The van der Waals surface area contributed by atoms with Gasteiger partial charge in [-0.15, -0.1) is 0 Å². The highest BCUT2D eigenvalue weighted by atomic mass is 19.1. The molecule has 1 aliphatic heterocycles. The van der Waals surface area contributed by atoms with Crippen molar-refractivity contribution < 1.29 is 19.0 Å². The maximum Gasteiger partial charge on any atom is 0.229 e. The van der Waals surface area contributed by atoms with Crippen molar-refractivity contribution in [1.82, 2.24) is 9.97 Å². The van der Waals surface area contributed by atoms with Crippen LogP contribution in [-0.4, -0.2) is 41.1 Å². The lowest BCUT2D eigenvalue weighted by Crippen LogP contribution is -2.05. The molecule has 2 heterocycles. The van der Waals surface area contributed by atoms with E-state index in [9.17, 15) is 4.39 Å². The summed E-state index contributed by atoms with van der Waals surface area (Å²) in [5, 5.41) is 14.7. The van der Waals surface area contributed by atoms with Crippen LogP contribution in [0.2, 0.25) is 0 Å². The minimum Gasteiger partial charge on any atom is -0.491 e. The van der Waals surface area contributed by atoms with Crippen LogP contribution in [0.25, 0.3) is 0 Å². The lowest BCUT2D eigenvalue weighted by atomic mass is 10.2. The molecule has 0 radical (unpaired) electrons. The van der Waals surface area contributed by atoms with Gasteiger partial charge in [0.05, 0.1) is 12.8 Å². The van der Waals surface area contributed by atoms with Crippen molar-refractivity contribution in [3.05, 3.63) is 54.5 Å². The zero-order valence-electron chi connectivity index (χ0n) is 15.3. The van der Waals surface area contributed by atoms with Crippen LogP contribution in [-0.2, 0) is 0 Å². The van der Waals surface area contributed by atoms with Crippen LogP contribution in [0.15, 0.2) is 53.7 Å². The van der Waals surface area contributed by atoms with E-state index >= 15 is 0 Å². The summed E-state index contributed by atoms with van der Waals surface area (Å²) in [5.74, 6) is 0.991.